The number of unbranched alkanes of at least 4 members (excludes halogenated alkanes) is 1. The molecule has 0 fully saturated rings. The van der Waals surface area contributed by atoms with Gasteiger partial charge in [-0.15, -0.1) is 0 Å². The molecule has 22 heavy (non-hydrogen) atoms. The first-order valence-electron chi connectivity index (χ1n) is 9.50. The molecule has 2 nitrogen and oxygen atoms in total. The SMILES string of the molecule is CC(C)C(O[SiH2]CCCC[SiH2]OC(C(C)C)C(C)C)C(C)C. The molecule has 0 aliphatic heterocycles. The van der Waals surface area contributed by atoms with Crippen molar-refractivity contribution in [1.82, 2.24) is 0 Å². The Labute approximate surface area is 145 Å². The fourth-order valence-corrected chi connectivity index (χ4v) is 6.84. The minimum Gasteiger partial charge on any atom is -0.421 e. The molecule has 0 aromatic rings. The smallest absolute Gasteiger partial charge is 0.162 e. The summed E-state index contributed by atoms with van der Waals surface area (Å²) < 4.78 is 12.4. The maximum atomic E-state index is 6.19. The maximum Gasteiger partial charge on any atom is 0.162 e. The summed E-state index contributed by atoms with van der Waals surface area (Å²) in [5.41, 5.74) is 0. The van der Waals surface area contributed by atoms with Crippen molar-refractivity contribution < 1.29 is 8.85 Å². The Morgan fingerprint density at radius 3 is 1.05 bits per heavy atom. The highest BCUT2D eigenvalue weighted by molar-refractivity contribution is 6.27. The molecule has 0 spiro atoms. The third-order valence-electron chi connectivity index (χ3n) is 4.29. The Hall–Kier alpha value is 0.354. The fraction of sp³-hybridized carbons (Fsp3) is 1.00. The van der Waals surface area contributed by atoms with Gasteiger partial charge in [-0.05, 0) is 35.8 Å². The van der Waals surface area contributed by atoms with Gasteiger partial charge in [0, 0.05) is 12.2 Å². The van der Waals surface area contributed by atoms with E-state index in [0.717, 1.165) is 0 Å². The van der Waals surface area contributed by atoms with Gasteiger partial charge in [0.15, 0.2) is 19.5 Å². The molecule has 0 N–H and O–H groups in total. The quantitative estimate of drug-likeness (QED) is 0.368. The predicted octanol–water partition coefficient (Wildman–Crippen LogP) is 4.17. The first-order valence-corrected chi connectivity index (χ1v) is 12.7. The highest BCUT2D eigenvalue weighted by Crippen LogP contribution is 2.17. The number of rotatable bonds is 13. The van der Waals surface area contributed by atoms with Crippen LogP contribution in [0.1, 0.15) is 68.2 Å². The number of hydrogen-bond donors (Lipinski definition) is 0. The van der Waals surface area contributed by atoms with E-state index in [1.54, 1.807) is 0 Å². The molecule has 134 valence electrons. The van der Waals surface area contributed by atoms with Gasteiger partial charge in [-0.1, -0.05) is 68.2 Å². The van der Waals surface area contributed by atoms with Crippen molar-refractivity contribution in [3.05, 3.63) is 0 Å². The van der Waals surface area contributed by atoms with Crippen molar-refractivity contribution in [1.29, 1.82) is 0 Å². The summed E-state index contributed by atoms with van der Waals surface area (Å²) in [6, 6.07) is 2.67. The predicted molar refractivity (Wildman–Crippen MR) is 105 cm³/mol. The van der Waals surface area contributed by atoms with Crippen molar-refractivity contribution in [2.45, 2.75) is 92.5 Å². The molecule has 0 saturated heterocycles. The zero-order valence-corrected chi connectivity index (χ0v) is 19.4. The van der Waals surface area contributed by atoms with Gasteiger partial charge in [-0.25, -0.2) is 0 Å². The van der Waals surface area contributed by atoms with E-state index >= 15 is 0 Å². The zero-order chi connectivity index (χ0) is 17.1. The molecule has 0 amide bonds. The Morgan fingerprint density at radius 1 is 0.545 bits per heavy atom. The van der Waals surface area contributed by atoms with Crippen LogP contribution in [0.4, 0.5) is 0 Å². The van der Waals surface area contributed by atoms with Crippen LogP contribution >= 0.6 is 0 Å². The molecule has 0 heterocycles. The number of hydrogen-bond acceptors (Lipinski definition) is 2. The average Bonchev–Trinajstić information content (AvgIpc) is 2.38. The van der Waals surface area contributed by atoms with Gasteiger partial charge in [-0.2, -0.15) is 0 Å². The molecule has 0 aromatic heterocycles. The van der Waals surface area contributed by atoms with Crippen LogP contribution in [0.2, 0.25) is 12.1 Å². The third kappa shape index (κ3) is 10.2. The Balaban J connectivity index is 3.62. The summed E-state index contributed by atoms with van der Waals surface area (Å²) in [5.74, 6) is 2.60. The van der Waals surface area contributed by atoms with Gasteiger partial charge >= 0.3 is 0 Å². The van der Waals surface area contributed by atoms with Crippen LogP contribution in [0.5, 0.6) is 0 Å². The average molecular weight is 347 g/mol. The normalized spacial score (nSPS) is 13.9. The molecule has 0 aliphatic rings. The molecule has 0 atom stereocenters. The van der Waals surface area contributed by atoms with Crippen LogP contribution in [0.3, 0.4) is 0 Å². The van der Waals surface area contributed by atoms with Crippen molar-refractivity contribution in [3.63, 3.8) is 0 Å². The van der Waals surface area contributed by atoms with Crippen molar-refractivity contribution in [2.24, 2.45) is 23.7 Å². The summed E-state index contributed by atoms with van der Waals surface area (Å²) >= 11 is 0. The molecule has 0 unspecified atom stereocenters. The van der Waals surface area contributed by atoms with Gasteiger partial charge in [-0.3, -0.25) is 0 Å². The van der Waals surface area contributed by atoms with Gasteiger partial charge < -0.3 is 8.85 Å². The Morgan fingerprint density at radius 2 is 0.818 bits per heavy atom. The standard InChI is InChI=1S/C18H42O2Si2/c1-13(2)17(14(3)4)19-21-11-9-10-12-22-20-18(15(5)6)16(7)8/h13-18H,9-12,21-22H2,1-8H3. The minimum absolute atomic E-state index is 0.323. The Kier molecular flexibility index (Phi) is 12.9. The van der Waals surface area contributed by atoms with E-state index < -0.39 is 0 Å². The summed E-state index contributed by atoms with van der Waals surface area (Å²) in [6.45, 7) is 18.2. The van der Waals surface area contributed by atoms with E-state index in [1.165, 1.54) is 24.9 Å². The lowest BCUT2D eigenvalue weighted by molar-refractivity contribution is 0.109. The van der Waals surface area contributed by atoms with Crippen LogP contribution in [0.15, 0.2) is 0 Å². The molecule has 0 aliphatic carbocycles. The molecular formula is C18H42O2Si2. The molecule has 0 bridgehead atoms. The second kappa shape index (κ2) is 12.7. The first kappa shape index (κ1) is 22.4. The summed E-state index contributed by atoms with van der Waals surface area (Å²) in [5, 5.41) is 0. The van der Waals surface area contributed by atoms with Crippen LogP contribution in [0.25, 0.3) is 0 Å². The van der Waals surface area contributed by atoms with Crippen molar-refractivity contribution >= 4 is 19.5 Å². The highest BCUT2D eigenvalue weighted by atomic mass is 28.2. The van der Waals surface area contributed by atoms with E-state index in [4.69, 9.17) is 8.85 Å². The lowest BCUT2D eigenvalue weighted by Crippen LogP contribution is -2.27. The van der Waals surface area contributed by atoms with Crippen molar-refractivity contribution in [3.8, 4) is 0 Å². The van der Waals surface area contributed by atoms with Gasteiger partial charge in [0.1, 0.15) is 0 Å². The van der Waals surface area contributed by atoms with E-state index in [1.807, 2.05) is 0 Å². The zero-order valence-electron chi connectivity index (χ0n) is 16.5. The monoisotopic (exact) mass is 346 g/mol. The Bertz CT molecular complexity index is 213. The molecular weight excluding hydrogens is 304 g/mol. The molecule has 0 radical (unpaired) electrons. The van der Waals surface area contributed by atoms with Crippen LogP contribution < -0.4 is 0 Å². The maximum absolute atomic E-state index is 6.19. The second-order valence-electron chi connectivity index (χ2n) is 8.06. The molecule has 0 saturated carbocycles. The summed E-state index contributed by atoms with van der Waals surface area (Å²) in [6.07, 6.45) is 3.64. The summed E-state index contributed by atoms with van der Waals surface area (Å²) in [7, 11) is -0.646. The molecule has 0 aromatic carbocycles. The largest absolute Gasteiger partial charge is 0.421 e. The lowest BCUT2D eigenvalue weighted by Gasteiger charge is -2.26. The van der Waals surface area contributed by atoms with Crippen LogP contribution in [-0.4, -0.2) is 31.7 Å². The highest BCUT2D eigenvalue weighted by Gasteiger charge is 2.18. The van der Waals surface area contributed by atoms with Crippen LogP contribution in [-0.2, 0) is 8.85 Å². The molecule has 0 rings (SSSR count). The van der Waals surface area contributed by atoms with E-state index in [0.29, 0.717) is 35.9 Å². The van der Waals surface area contributed by atoms with Gasteiger partial charge in [0.05, 0.1) is 0 Å². The van der Waals surface area contributed by atoms with Crippen LogP contribution in [0, 0.1) is 23.7 Å². The van der Waals surface area contributed by atoms with Gasteiger partial charge in [0.25, 0.3) is 0 Å². The summed E-state index contributed by atoms with van der Waals surface area (Å²) in [4.78, 5) is 0. The minimum atomic E-state index is -0.323. The lowest BCUT2D eigenvalue weighted by atomic mass is 9.97. The van der Waals surface area contributed by atoms with Gasteiger partial charge in [0.2, 0.25) is 0 Å². The first-order chi connectivity index (χ1) is 10.3. The van der Waals surface area contributed by atoms with E-state index in [-0.39, 0.29) is 19.5 Å². The topological polar surface area (TPSA) is 18.5 Å². The second-order valence-corrected chi connectivity index (χ2v) is 11.0. The van der Waals surface area contributed by atoms with Crippen molar-refractivity contribution in [2.75, 3.05) is 0 Å². The third-order valence-corrected chi connectivity index (χ3v) is 7.11. The molecule has 4 heteroatoms. The van der Waals surface area contributed by atoms with E-state index in [9.17, 15) is 0 Å². The fourth-order valence-electron chi connectivity index (χ4n) is 3.31. The van der Waals surface area contributed by atoms with E-state index in [2.05, 4.69) is 55.4 Å².